The van der Waals surface area contributed by atoms with Crippen LogP contribution in [0.3, 0.4) is 0 Å². The number of carbonyl (C=O) groups excluding carboxylic acids is 1. The van der Waals surface area contributed by atoms with Crippen molar-refractivity contribution in [2.24, 2.45) is 0 Å². The Labute approximate surface area is 115 Å². The molecule has 106 valence electrons. The van der Waals surface area contributed by atoms with Crippen LogP contribution in [0.5, 0.6) is 5.75 Å². The molecule has 0 unspecified atom stereocenters. The largest absolute Gasteiger partial charge is 0.496 e. The summed E-state index contributed by atoms with van der Waals surface area (Å²) in [5.74, 6) is 0.873. The van der Waals surface area contributed by atoms with Gasteiger partial charge in [-0.25, -0.2) is 0 Å². The van der Waals surface area contributed by atoms with Gasteiger partial charge in [-0.1, -0.05) is 13.8 Å². The fraction of sp³-hybridized carbons (Fsp3) is 0.533. The van der Waals surface area contributed by atoms with Crippen molar-refractivity contribution in [2.75, 3.05) is 19.0 Å². The highest BCUT2D eigenvalue weighted by molar-refractivity contribution is 5.91. The van der Waals surface area contributed by atoms with Crippen LogP contribution in [0.4, 0.5) is 5.69 Å². The molecule has 0 heterocycles. The maximum atomic E-state index is 11.8. The van der Waals surface area contributed by atoms with Gasteiger partial charge in [0.1, 0.15) is 5.75 Å². The Kier molecular flexibility index (Phi) is 5.83. The van der Waals surface area contributed by atoms with Gasteiger partial charge in [0.15, 0.2) is 0 Å². The molecule has 0 aliphatic rings. The molecule has 1 rings (SSSR count). The van der Waals surface area contributed by atoms with Crippen LogP contribution in [-0.2, 0) is 4.79 Å². The van der Waals surface area contributed by atoms with E-state index in [-0.39, 0.29) is 5.91 Å². The molecule has 0 aliphatic heterocycles. The fourth-order valence-corrected chi connectivity index (χ4v) is 1.83. The number of ether oxygens (including phenoxy) is 1. The number of benzene rings is 1. The lowest BCUT2D eigenvalue weighted by atomic mass is 10.1. The number of methoxy groups -OCH3 is 1. The van der Waals surface area contributed by atoms with E-state index in [2.05, 4.69) is 24.5 Å². The van der Waals surface area contributed by atoms with Crippen molar-refractivity contribution in [2.45, 2.75) is 40.2 Å². The molecule has 0 fully saturated rings. The van der Waals surface area contributed by atoms with Crippen molar-refractivity contribution < 1.29 is 9.53 Å². The second-order valence-corrected chi connectivity index (χ2v) is 5.04. The SMILES string of the molecule is COc1cc(C)c(NC(=O)CCNC(C)C)cc1C. The molecule has 0 saturated heterocycles. The first-order chi connectivity index (χ1) is 8.93. The Hall–Kier alpha value is -1.55. The zero-order valence-corrected chi connectivity index (χ0v) is 12.5. The normalized spacial score (nSPS) is 10.6. The van der Waals surface area contributed by atoms with Crippen molar-refractivity contribution in [3.63, 3.8) is 0 Å². The number of amides is 1. The molecule has 4 heteroatoms. The summed E-state index contributed by atoms with van der Waals surface area (Å²) in [6.45, 7) is 8.75. The molecule has 0 saturated carbocycles. The molecule has 0 spiro atoms. The van der Waals surface area contributed by atoms with Crippen LogP contribution >= 0.6 is 0 Å². The van der Waals surface area contributed by atoms with Gasteiger partial charge < -0.3 is 15.4 Å². The van der Waals surface area contributed by atoms with Gasteiger partial charge in [0.2, 0.25) is 5.91 Å². The van der Waals surface area contributed by atoms with Crippen LogP contribution in [0, 0.1) is 13.8 Å². The zero-order chi connectivity index (χ0) is 14.4. The Morgan fingerprint density at radius 3 is 2.53 bits per heavy atom. The minimum absolute atomic E-state index is 0.0285. The molecular formula is C15H24N2O2. The van der Waals surface area contributed by atoms with E-state index in [0.29, 0.717) is 19.0 Å². The number of aryl methyl sites for hydroxylation is 2. The van der Waals surface area contributed by atoms with Crippen LogP contribution in [-0.4, -0.2) is 25.6 Å². The molecule has 0 aliphatic carbocycles. The molecule has 4 nitrogen and oxygen atoms in total. The Bertz CT molecular complexity index is 442. The number of carbonyl (C=O) groups is 1. The van der Waals surface area contributed by atoms with Gasteiger partial charge >= 0.3 is 0 Å². The minimum atomic E-state index is 0.0285. The van der Waals surface area contributed by atoms with Gasteiger partial charge in [-0.2, -0.15) is 0 Å². The third kappa shape index (κ3) is 4.91. The second kappa shape index (κ2) is 7.14. The van der Waals surface area contributed by atoms with E-state index in [0.717, 1.165) is 22.6 Å². The summed E-state index contributed by atoms with van der Waals surface area (Å²) in [7, 11) is 1.65. The number of hydrogen-bond donors (Lipinski definition) is 2. The van der Waals surface area contributed by atoms with E-state index >= 15 is 0 Å². The van der Waals surface area contributed by atoms with Crippen molar-refractivity contribution in [3.05, 3.63) is 23.3 Å². The third-order valence-corrected chi connectivity index (χ3v) is 2.92. The molecule has 0 radical (unpaired) electrons. The standard InChI is InChI=1S/C15H24N2O2/c1-10(2)16-7-6-15(18)17-13-8-12(4)14(19-5)9-11(13)3/h8-10,16H,6-7H2,1-5H3,(H,17,18). The molecule has 0 bridgehead atoms. The number of anilines is 1. The van der Waals surface area contributed by atoms with Crippen LogP contribution in [0.1, 0.15) is 31.4 Å². The summed E-state index contributed by atoms with van der Waals surface area (Å²) in [6, 6.07) is 4.29. The number of rotatable bonds is 6. The molecule has 2 N–H and O–H groups in total. The van der Waals surface area contributed by atoms with E-state index in [4.69, 9.17) is 4.74 Å². The summed E-state index contributed by atoms with van der Waals surface area (Å²) in [5.41, 5.74) is 2.88. The quantitative estimate of drug-likeness (QED) is 0.830. The minimum Gasteiger partial charge on any atom is -0.496 e. The topological polar surface area (TPSA) is 50.4 Å². The van der Waals surface area contributed by atoms with Crippen molar-refractivity contribution in [1.82, 2.24) is 5.32 Å². The lowest BCUT2D eigenvalue weighted by Gasteiger charge is -2.13. The van der Waals surface area contributed by atoms with Gasteiger partial charge in [-0.3, -0.25) is 4.79 Å². The first-order valence-corrected chi connectivity index (χ1v) is 6.62. The van der Waals surface area contributed by atoms with Gasteiger partial charge in [0.25, 0.3) is 0 Å². The second-order valence-electron chi connectivity index (χ2n) is 5.04. The fourth-order valence-electron chi connectivity index (χ4n) is 1.83. The monoisotopic (exact) mass is 264 g/mol. The predicted octanol–water partition coefficient (Wildman–Crippen LogP) is 2.64. The Morgan fingerprint density at radius 2 is 1.95 bits per heavy atom. The molecule has 1 amide bonds. The molecule has 19 heavy (non-hydrogen) atoms. The summed E-state index contributed by atoms with van der Waals surface area (Å²) >= 11 is 0. The average Bonchev–Trinajstić information content (AvgIpc) is 2.32. The van der Waals surface area contributed by atoms with E-state index < -0.39 is 0 Å². The van der Waals surface area contributed by atoms with Crippen molar-refractivity contribution in [3.8, 4) is 5.75 Å². The summed E-state index contributed by atoms with van der Waals surface area (Å²) in [6.07, 6.45) is 0.475. The van der Waals surface area contributed by atoms with Crippen molar-refractivity contribution in [1.29, 1.82) is 0 Å². The van der Waals surface area contributed by atoms with Gasteiger partial charge in [0.05, 0.1) is 7.11 Å². The van der Waals surface area contributed by atoms with E-state index in [9.17, 15) is 4.79 Å². The third-order valence-electron chi connectivity index (χ3n) is 2.92. The Balaban J connectivity index is 2.62. The smallest absolute Gasteiger partial charge is 0.225 e. The van der Waals surface area contributed by atoms with Gasteiger partial charge in [-0.05, 0) is 37.1 Å². The van der Waals surface area contributed by atoms with Crippen LogP contribution in [0.25, 0.3) is 0 Å². The van der Waals surface area contributed by atoms with E-state index in [1.165, 1.54) is 0 Å². The lowest BCUT2D eigenvalue weighted by molar-refractivity contribution is -0.116. The highest BCUT2D eigenvalue weighted by Gasteiger charge is 2.08. The maximum absolute atomic E-state index is 11.8. The van der Waals surface area contributed by atoms with E-state index in [1.807, 2.05) is 26.0 Å². The van der Waals surface area contributed by atoms with Gasteiger partial charge in [-0.15, -0.1) is 0 Å². The highest BCUT2D eigenvalue weighted by atomic mass is 16.5. The number of nitrogens with one attached hydrogen (secondary N) is 2. The highest BCUT2D eigenvalue weighted by Crippen LogP contribution is 2.25. The summed E-state index contributed by atoms with van der Waals surface area (Å²) in [5, 5.41) is 6.17. The predicted molar refractivity (Wildman–Crippen MR) is 78.9 cm³/mol. The first-order valence-electron chi connectivity index (χ1n) is 6.62. The van der Waals surface area contributed by atoms with Crippen LogP contribution < -0.4 is 15.4 Å². The maximum Gasteiger partial charge on any atom is 0.225 e. The van der Waals surface area contributed by atoms with Crippen molar-refractivity contribution >= 4 is 11.6 Å². The van der Waals surface area contributed by atoms with Crippen LogP contribution in [0.2, 0.25) is 0 Å². The molecule has 0 atom stereocenters. The Morgan fingerprint density at radius 1 is 1.26 bits per heavy atom. The van der Waals surface area contributed by atoms with E-state index in [1.54, 1.807) is 7.11 Å². The first kappa shape index (κ1) is 15.5. The number of hydrogen-bond acceptors (Lipinski definition) is 3. The average molecular weight is 264 g/mol. The molecule has 1 aromatic carbocycles. The summed E-state index contributed by atoms with van der Waals surface area (Å²) in [4.78, 5) is 11.8. The zero-order valence-electron chi connectivity index (χ0n) is 12.5. The molecule has 1 aromatic rings. The summed E-state index contributed by atoms with van der Waals surface area (Å²) < 4.78 is 5.25. The lowest BCUT2D eigenvalue weighted by Crippen LogP contribution is -2.27. The molecule has 0 aromatic heterocycles. The van der Waals surface area contributed by atoms with Crippen LogP contribution in [0.15, 0.2) is 12.1 Å². The molecular weight excluding hydrogens is 240 g/mol. The van der Waals surface area contributed by atoms with Gasteiger partial charge in [0, 0.05) is 24.7 Å².